The van der Waals surface area contributed by atoms with Gasteiger partial charge < -0.3 is 10.1 Å². The quantitative estimate of drug-likeness (QED) is 0.690. The van der Waals surface area contributed by atoms with Gasteiger partial charge >= 0.3 is 5.97 Å². The van der Waals surface area contributed by atoms with Crippen molar-refractivity contribution in [1.82, 2.24) is 9.38 Å². The lowest BCUT2D eigenvalue weighted by atomic mass is 10.1. The highest BCUT2D eigenvalue weighted by Crippen LogP contribution is 2.22. The molecule has 0 unspecified atom stereocenters. The number of thiazole rings is 1. The first kappa shape index (κ1) is 18.0. The van der Waals surface area contributed by atoms with E-state index < -0.39 is 23.2 Å². The van der Waals surface area contributed by atoms with E-state index in [1.165, 1.54) is 21.8 Å². The number of hydrogen-bond donors (Lipinski definition) is 1. The summed E-state index contributed by atoms with van der Waals surface area (Å²) < 4.78 is 33.9. The number of nitrogens with zero attached hydrogens (tertiary/aromatic N) is 2. The Kier molecular flexibility index (Phi) is 4.99. The molecule has 0 spiro atoms. The van der Waals surface area contributed by atoms with Crippen molar-refractivity contribution in [3.8, 4) is 0 Å². The number of nitrogens with one attached hydrogen (secondary N) is 1. The van der Waals surface area contributed by atoms with Crippen molar-refractivity contribution in [3.63, 3.8) is 0 Å². The Hall–Kier alpha value is -2.81. The normalized spacial score (nSPS) is 10.9. The zero-order chi connectivity index (χ0) is 18.8. The van der Waals surface area contributed by atoms with Crippen LogP contribution in [-0.4, -0.2) is 29.0 Å². The van der Waals surface area contributed by atoms with Crippen molar-refractivity contribution in [3.05, 3.63) is 62.5 Å². The summed E-state index contributed by atoms with van der Waals surface area (Å²) in [5.41, 5.74) is 0.132. The van der Waals surface area contributed by atoms with Gasteiger partial charge in [-0.15, -0.1) is 11.3 Å². The Labute approximate surface area is 151 Å². The largest absolute Gasteiger partial charge is 0.465 e. The SMILES string of the molecule is COC(=O)c1c(F)ccc(NCCc2c(C)nc3sccn3c2=O)c1F. The number of benzene rings is 1. The third-order valence-electron chi connectivity index (χ3n) is 3.94. The number of halogens is 2. The molecule has 0 saturated heterocycles. The second kappa shape index (κ2) is 7.20. The average Bonchev–Trinajstić information content (AvgIpc) is 3.07. The van der Waals surface area contributed by atoms with Gasteiger partial charge in [0.05, 0.1) is 12.8 Å². The van der Waals surface area contributed by atoms with Gasteiger partial charge in [-0.3, -0.25) is 9.20 Å². The predicted octanol–water partition coefficient (Wildman–Crippen LogP) is 2.78. The average molecular weight is 379 g/mol. The van der Waals surface area contributed by atoms with Gasteiger partial charge in [0.2, 0.25) is 0 Å². The number of rotatable bonds is 5. The lowest BCUT2D eigenvalue weighted by Gasteiger charge is -2.11. The molecule has 0 radical (unpaired) electrons. The molecule has 136 valence electrons. The smallest absolute Gasteiger partial charge is 0.343 e. The van der Waals surface area contributed by atoms with E-state index in [-0.39, 0.29) is 17.8 Å². The fourth-order valence-electron chi connectivity index (χ4n) is 2.61. The van der Waals surface area contributed by atoms with Gasteiger partial charge in [-0.1, -0.05) is 0 Å². The minimum atomic E-state index is -1.09. The number of carbonyl (C=O) groups excluding carboxylic acids is 1. The number of ether oxygens (including phenoxy) is 1. The molecule has 9 heteroatoms. The molecular formula is C17H15F2N3O3S. The zero-order valence-electron chi connectivity index (χ0n) is 14.0. The molecule has 2 heterocycles. The molecule has 1 aromatic carbocycles. The monoisotopic (exact) mass is 379 g/mol. The fourth-order valence-corrected chi connectivity index (χ4v) is 3.36. The number of anilines is 1. The zero-order valence-corrected chi connectivity index (χ0v) is 14.8. The predicted molar refractivity (Wildman–Crippen MR) is 94.0 cm³/mol. The summed E-state index contributed by atoms with van der Waals surface area (Å²) in [7, 11) is 1.05. The molecule has 0 fully saturated rings. The van der Waals surface area contributed by atoms with Gasteiger partial charge in [0, 0.05) is 29.4 Å². The Morgan fingerprint density at radius 2 is 2.15 bits per heavy atom. The number of aryl methyl sites for hydroxylation is 1. The highest BCUT2D eigenvalue weighted by Gasteiger charge is 2.21. The van der Waals surface area contributed by atoms with Gasteiger partial charge in [0.1, 0.15) is 11.4 Å². The topological polar surface area (TPSA) is 72.7 Å². The number of esters is 1. The summed E-state index contributed by atoms with van der Waals surface area (Å²) in [4.78, 5) is 28.9. The van der Waals surface area contributed by atoms with Crippen LogP contribution in [0.25, 0.3) is 4.96 Å². The second-order valence-corrected chi connectivity index (χ2v) is 6.36. The van der Waals surface area contributed by atoms with E-state index in [0.29, 0.717) is 22.6 Å². The first-order valence-electron chi connectivity index (χ1n) is 7.69. The minimum absolute atomic E-state index is 0.0471. The lowest BCUT2D eigenvalue weighted by Crippen LogP contribution is -2.22. The van der Waals surface area contributed by atoms with Crippen LogP contribution in [0.1, 0.15) is 21.6 Å². The summed E-state index contributed by atoms with van der Waals surface area (Å²) in [5.74, 6) is -3.12. The van der Waals surface area contributed by atoms with Crippen LogP contribution in [0.3, 0.4) is 0 Å². The van der Waals surface area contributed by atoms with Crippen LogP contribution < -0.4 is 10.9 Å². The van der Waals surface area contributed by atoms with Crippen LogP contribution >= 0.6 is 11.3 Å². The van der Waals surface area contributed by atoms with Crippen LogP contribution in [0.4, 0.5) is 14.5 Å². The molecule has 0 atom stereocenters. The van der Waals surface area contributed by atoms with E-state index in [1.807, 2.05) is 0 Å². The second-order valence-electron chi connectivity index (χ2n) is 5.49. The molecule has 1 N–H and O–H groups in total. The van der Waals surface area contributed by atoms with Gasteiger partial charge in [-0.25, -0.2) is 18.6 Å². The minimum Gasteiger partial charge on any atom is -0.465 e. The third kappa shape index (κ3) is 3.17. The molecular weight excluding hydrogens is 364 g/mol. The van der Waals surface area contributed by atoms with Crippen molar-refractivity contribution >= 4 is 28.0 Å². The summed E-state index contributed by atoms with van der Waals surface area (Å²) in [6.07, 6.45) is 1.94. The van der Waals surface area contributed by atoms with Gasteiger partial charge in [-0.2, -0.15) is 0 Å². The molecule has 6 nitrogen and oxygen atoms in total. The molecule has 0 aliphatic heterocycles. The highest BCUT2D eigenvalue weighted by atomic mass is 32.1. The van der Waals surface area contributed by atoms with Crippen molar-refractivity contribution < 1.29 is 18.3 Å². The summed E-state index contributed by atoms with van der Waals surface area (Å²) >= 11 is 1.36. The first-order valence-corrected chi connectivity index (χ1v) is 8.57. The van der Waals surface area contributed by atoms with Crippen LogP contribution in [-0.2, 0) is 11.2 Å². The Morgan fingerprint density at radius 3 is 2.88 bits per heavy atom. The molecule has 0 amide bonds. The first-order chi connectivity index (χ1) is 12.4. The molecule has 3 aromatic rings. The molecule has 26 heavy (non-hydrogen) atoms. The van der Waals surface area contributed by atoms with Crippen LogP contribution in [0.15, 0.2) is 28.5 Å². The third-order valence-corrected chi connectivity index (χ3v) is 4.69. The number of methoxy groups -OCH3 is 1. The maximum atomic E-state index is 14.3. The summed E-state index contributed by atoms with van der Waals surface area (Å²) in [5, 5.41) is 4.55. The van der Waals surface area contributed by atoms with Gasteiger partial charge in [0.15, 0.2) is 10.8 Å². The number of carbonyl (C=O) groups is 1. The number of fused-ring (bicyclic) bond motifs is 1. The maximum absolute atomic E-state index is 14.3. The standard InChI is InChI=1S/C17H15F2N3O3S/c1-9-10(15(23)22-7-8-26-17(22)21-9)5-6-20-12-4-3-11(18)13(14(12)19)16(24)25-2/h3-4,7-8,20H,5-6H2,1-2H3. The van der Waals surface area contributed by atoms with Crippen molar-refractivity contribution in [1.29, 1.82) is 0 Å². The van der Waals surface area contributed by atoms with Gasteiger partial charge in [-0.05, 0) is 25.5 Å². The van der Waals surface area contributed by atoms with E-state index >= 15 is 0 Å². The molecule has 0 aliphatic carbocycles. The molecule has 3 rings (SSSR count). The van der Waals surface area contributed by atoms with E-state index in [1.54, 1.807) is 18.5 Å². The molecule has 0 bridgehead atoms. The Balaban J connectivity index is 1.81. The van der Waals surface area contributed by atoms with E-state index in [0.717, 1.165) is 13.2 Å². The lowest BCUT2D eigenvalue weighted by molar-refractivity contribution is 0.0590. The van der Waals surface area contributed by atoms with E-state index in [4.69, 9.17) is 0 Å². The van der Waals surface area contributed by atoms with Crippen molar-refractivity contribution in [2.24, 2.45) is 0 Å². The highest BCUT2D eigenvalue weighted by molar-refractivity contribution is 7.15. The summed E-state index contributed by atoms with van der Waals surface area (Å²) in [6.45, 7) is 1.95. The number of hydrogen-bond acceptors (Lipinski definition) is 6. The van der Waals surface area contributed by atoms with Crippen molar-refractivity contribution in [2.75, 3.05) is 19.0 Å². The maximum Gasteiger partial charge on any atom is 0.343 e. The Morgan fingerprint density at radius 1 is 1.38 bits per heavy atom. The van der Waals surface area contributed by atoms with Crippen LogP contribution in [0.5, 0.6) is 0 Å². The molecule has 2 aromatic heterocycles. The Bertz CT molecular complexity index is 1050. The van der Waals surface area contributed by atoms with Gasteiger partial charge in [0.25, 0.3) is 5.56 Å². The van der Waals surface area contributed by atoms with E-state index in [2.05, 4.69) is 15.0 Å². The fraction of sp³-hybridized carbons (Fsp3) is 0.235. The number of aromatic nitrogens is 2. The molecule has 0 aliphatic rings. The van der Waals surface area contributed by atoms with Crippen LogP contribution in [0.2, 0.25) is 0 Å². The van der Waals surface area contributed by atoms with E-state index in [9.17, 15) is 18.4 Å². The van der Waals surface area contributed by atoms with Crippen molar-refractivity contribution in [2.45, 2.75) is 13.3 Å². The molecule has 0 saturated carbocycles. The van der Waals surface area contributed by atoms with Crippen LogP contribution in [0, 0.1) is 18.6 Å². The summed E-state index contributed by atoms with van der Waals surface area (Å²) in [6, 6.07) is 2.17.